The summed E-state index contributed by atoms with van der Waals surface area (Å²) in [6.45, 7) is 3.42. The first kappa shape index (κ1) is 6.88. The van der Waals surface area contributed by atoms with Crippen LogP contribution in [0.1, 0.15) is 0 Å². The molecule has 0 aromatic heterocycles. The van der Waals surface area contributed by atoms with Crippen molar-refractivity contribution in [3.05, 3.63) is 24.6 Å². The van der Waals surface area contributed by atoms with Crippen molar-refractivity contribution >= 4 is 0 Å². The third-order valence-electron chi connectivity index (χ3n) is 0.504. The highest BCUT2D eigenvalue weighted by Crippen LogP contribution is 1.84. The molecule has 44 valence electrons. The molecule has 0 amide bonds. The van der Waals surface area contributed by atoms with Gasteiger partial charge in [0.1, 0.15) is 5.82 Å². The summed E-state index contributed by atoms with van der Waals surface area (Å²) in [7, 11) is 1.56. The Morgan fingerprint density at radius 1 is 1.75 bits per heavy atom. The van der Waals surface area contributed by atoms with Gasteiger partial charge in [-0.25, -0.2) is 0 Å². The van der Waals surface area contributed by atoms with Gasteiger partial charge in [0.25, 0.3) is 0 Å². The van der Waals surface area contributed by atoms with Crippen LogP contribution in [0.25, 0.3) is 0 Å². The predicted molar refractivity (Wildman–Crippen MR) is 33.2 cm³/mol. The lowest BCUT2D eigenvalue weighted by atomic mass is 10.5. The molecule has 0 aromatic carbocycles. The van der Waals surface area contributed by atoms with Crippen LogP contribution in [-0.2, 0) is 0 Å². The van der Waals surface area contributed by atoms with Gasteiger partial charge in [-0.2, -0.15) is 5.11 Å². The van der Waals surface area contributed by atoms with Crippen LogP contribution in [0.3, 0.4) is 0 Å². The number of azo groups is 1. The van der Waals surface area contributed by atoms with Crippen molar-refractivity contribution in [1.29, 1.82) is 0 Å². The van der Waals surface area contributed by atoms with Crippen molar-refractivity contribution < 1.29 is 0 Å². The highest BCUT2D eigenvalue weighted by molar-refractivity contribution is 5.03. The van der Waals surface area contributed by atoms with Crippen molar-refractivity contribution in [1.82, 2.24) is 0 Å². The van der Waals surface area contributed by atoms with Gasteiger partial charge < -0.3 is 5.73 Å². The third kappa shape index (κ3) is 3.08. The fourth-order valence-corrected chi connectivity index (χ4v) is 0.270. The van der Waals surface area contributed by atoms with E-state index in [1.807, 2.05) is 0 Å². The van der Waals surface area contributed by atoms with Gasteiger partial charge in [0.15, 0.2) is 0 Å². The number of nitrogens with two attached hydrogens (primary N) is 1. The molecule has 0 aliphatic rings. The van der Waals surface area contributed by atoms with Crippen LogP contribution < -0.4 is 5.73 Å². The molecule has 8 heavy (non-hydrogen) atoms. The van der Waals surface area contributed by atoms with Crippen molar-refractivity contribution in [2.75, 3.05) is 7.05 Å². The Hall–Kier alpha value is -1.12. The molecule has 2 N–H and O–H groups in total. The molecular formula is C5H9N3. The fourth-order valence-electron chi connectivity index (χ4n) is 0.270. The average Bonchev–Trinajstić information content (AvgIpc) is 1.68. The van der Waals surface area contributed by atoms with Crippen LogP contribution in [0.4, 0.5) is 0 Å². The molecular weight excluding hydrogens is 102 g/mol. The van der Waals surface area contributed by atoms with E-state index in [9.17, 15) is 0 Å². The highest BCUT2D eigenvalue weighted by Gasteiger charge is 1.74. The first-order valence-corrected chi connectivity index (χ1v) is 2.19. The molecule has 0 unspecified atom stereocenters. The van der Waals surface area contributed by atoms with Crippen LogP contribution >= 0.6 is 0 Å². The van der Waals surface area contributed by atoms with Crippen molar-refractivity contribution in [3.8, 4) is 0 Å². The minimum absolute atomic E-state index is 0.377. The maximum Gasteiger partial charge on any atom is 0.145 e. The summed E-state index contributed by atoms with van der Waals surface area (Å²) in [6.07, 6.45) is 3.14. The van der Waals surface area contributed by atoms with Gasteiger partial charge in [-0.15, -0.1) is 5.11 Å². The zero-order valence-corrected chi connectivity index (χ0v) is 4.83. The summed E-state index contributed by atoms with van der Waals surface area (Å²) < 4.78 is 0. The normalized spacial score (nSPS) is 12.4. The lowest BCUT2D eigenvalue weighted by Crippen LogP contribution is -1.89. The number of hydrogen-bond acceptors (Lipinski definition) is 3. The van der Waals surface area contributed by atoms with Gasteiger partial charge in [0.2, 0.25) is 0 Å². The summed E-state index contributed by atoms with van der Waals surface area (Å²) in [5.41, 5.74) is 5.22. The van der Waals surface area contributed by atoms with Gasteiger partial charge in [-0.05, 0) is 6.08 Å². The number of hydrogen-bond donors (Lipinski definition) is 1. The quantitative estimate of drug-likeness (QED) is 0.420. The van der Waals surface area contributed by atoms with Crippen LogP contribution in [-0.4, -0.2) is 7.05 Å². The molecule has 0 rings (SSSR count). The first-order valence-electron chi connectivity index (χ1n) is 2.19. The van der Waals surface area contributed by atoms with Gasteiger partial charge in [-0.1, -0.05) is 12.7 Å². The second kappa shape index (κ2) is 4.05. The minimum atomic E-state index is 0.377. The highest BCUT2D eigenvalue weighted by atomic mass is 15.1. The summed E-state index contributed by atoms with van der Waals surface area (Å²) >= 11 is 0. The van der Waals surface area contributed by atoms with E-state index in [0.717, 1.165) is 0 Å². The zero-order chi connectivity index (χ0) is 6.41. The molecule has 0 atom stereocenters. The maximum absolute atomic E-state index is 5.22. The Kier molecular flexibility index (Phi) is 3.48. The van der Waals surface area contributed by atoms with Crippen LogP contribution in [0.5, 0.6) is 0 Å². The van der Waals surface area contributed by atoms with E-state index >= 15 is 0 Å². The number of nitrogens with zero attached hydrogens (tertiary/aromatic N) is 2. The van der Waals surface area contributed by atoms with E-state index in [0.29, 0.717) is 5.82 Å². The van der Waals surface area contributed by atoms with E-state index in [1.165, 1.54) is 0 Å². The first-order chi connectivity index (χ1) is 3.81. The minimum Gasteiger partial charge on any atom is -0.382 e. The molecule has 0 saturated carbocycles. The maximum atomic E-state index is 5.22. The summed E-state index contributed by atoms with van der Waals surface area (Å²) in [5, 5.41) is 6.95. The number of rotatable bonds is 2. The SMILES string of the molecule is C=C/C=C(/N)N=NC. The molecule has 0 radical (unpaired) electrons. The Morgan fingerprint density at radius 3 is 2.75 bits per heavy atom. The van der Waals surface area contributed by atoms with Crippen molar-refractivity contribution in [3.63, 3.8) is 0 Å². The second-order valence-electron chi connectivity index (χ2n) is 1.13. The standard InChI is InChI=1S/C5H9N3/c1-3-4-5(6)8-7-2/h3-4H,1,6H2,2H3/b5-4-,8-7?. The lowest BCUT2D eigenvalue weighted by molar-refractivity contribution is 1.06. The Balaban J connectivity index is 3.79. The molecule has 3 heteroatoms. The lowest BCUT2D eigenvalue weighted by Gasteiger charge is -1.82. The third-order valence-corrected chi connectivity index (χ3v) is 0.504. The fraction of sp³-hybridized carbons (Fsp3) is 0.200. The summed E-state index contributed by atoms with van der Waals surface area (Å²) in [5.74, 6) is 0.377. The molecule has 0 aromatic rings. The predicted octanol–water partition coefficient (Wildman–Crippen LogP) is 1.05. The molecule has 0 aliphatic carbocycles. The Morgan fingerprint density at radius 2 is 2.38 bits per heavy atom. The monoisotopic (exact) mass is 111 g/mol. The molecule has 0 spiro atoms. The largest absolute Gasteiger partial charge is 0.382 e. The van der Waals surface area contributed by atoms with E-state index < -0.39 is 0 Å². The average molecular weight is 111 g/mol. The van der Waals surface area contributed by atoms with Gasteiger partial charge >= 0.3 is 0 Å². The van der Waals surface area contributed by atoms with Crippen LogP contribution in [0.2, 0.25) is 0 Å². The zero-order valence-electron chi connectivity index (χ0n) is 4.83. The van der Waals surface area contributed by atoms with Crippen LogP contribution in [0, 0.1) is 0 Å². The molecule has 0 bridgehead atoms. The topological polar surface area (TPSA) is 50.7 Å². The van der Waals surface area contributed by atoms with E-state index in [-0.39, 0.29) is 0 Å². The molecule has 0 fully saturated rings. The smallest absolute Gasteiger partial charge is 0.145 e. The molecule has 3 nitrogen and oxygen atoms in total. The second-order valence-corrected chi connectivity index (χ2v) is 1.13. The Bertz CT molecular complexity index is 124. The summed E-state index contributed by atoms with van der Waals surface area (Å²) in [6, 6.07) is 0. The van der Waals surface area contributed by atoms with Gasteiger partial charge in [-0.3, -0.25) is 0 Å². The number of allylic oxidation sites excluding steroid dienone is 2. The van der Waals surface area contributed by atoms with Crippen molar-refractivity contribution in [2.24, 2.45) is 16.0 Å². The van der Waals surface area contributed by atoms with Crippen LogP contribution in [0.15, 0.2) is 34.8 Å². The van der Waals surface area contributed by atoms with E-state index in [4.69, 9.17) is 5.73 Å². The van der Waals surface area contributed by atoms with E-state index in [2.05, 4.69) is 16.8 Å². The van der Waals surface area contributed by atoms with Gasteiger partial charge in [0.05, 0.1) is 0 Å². The van der Waals surface area contributed by atoms with Crippen molar-refractivity contribution in [2.45, 2.75) is 0 Å². The van der Waals surface area contributed by atoms with E-state index in [1.54, 1.807) is 19.2 Å². The molecule has 0 aliphatic heterocycles. The van der Waals surface area contributed by atoms with Gasteiger partial charge in [0, 0.05) is 7.05 Å². The summed E-state index contributed by atoms with van der Waals surface area (Å²) in [4.78, 5) is 0. The molecule has 0 saturated heterocycles. The molecule has 0 heterocycles. The Labute approximate surface area is 48.6 Å².